The molecule has 17 heavy (non-hydrogen) atoms. The van der Waals surface area contributed by atoms with E-state index >= 15 is 0 Å². The first-order chi connectivity index (χ1) is 8.21. The summed E-state index contributed by atoms with van der Waals surface area (Å²) < 4.78 is 8.44. The van der Waals surface area contributed by atoms with E-state index in [1.165, 1.54) is 0 Å². The number of fused-ring (bicyclic) bond motifs is 1. The van der Waals surface area contributed by atoms with Crippen molar-refractivity contribution in [1.29, 1.82) is 0 Å². The van der Waals surface area contributed by atoms with Crippen LogP contribution in [0, 0.1) is 4.77 Å². The second-order valence-electron chi connectivity index (χ2n) is 4.77. The number of hydrogen-bond donors (Lipinski definition) is 1. The Balaban J connectivity index is 2.22. The van der Waals surface area contributed by atoms with Gasteiger partial charge in [0.1, 0.15) is 0 Å². The van der Waals surface area contributed by atoms with Crippen LogP contribution in [-0.4, -0.2) is 27.7 Å². The van der Waals surface area contributed by atoms with E-state index in [2.05, 4.69) is 21.5 Å². The Labute approximate surface area is 105 Å². The van der Waals surface area contributed by atoms with Gasteiger partial charge in [-0.25, -0.2) is 0 Å². The zero-order valence-electron chi connectivity index (χ0n) is 9.77. The molecule has 0 atom stereocenters. The van der Waals surface area contributed by atoms with Gasteiger partial charge >= 0.3 is 0 Å². The molecule has 2 aromatic rings. The van der Waals surface area contributed by atoms with Crippen LogP contribution in [0.5, 0.6) is 0 Å². The molecule has 3 rings (SSSR count). The van der Waals surface area contributed by atoms with Gasteiger partial charge in [0.25, 0.3) is 0 Å². The van der Waals surface area contributed by atoms with Crippen LogP contribution in [0.2, 0.25) is 0 Å². The number of rotatable bonds is 1. The lowest BCUT2D eigenvalue weighted by atomic mass is 9.92. The molecule has 90 valence electrons. The van der Waals surface area contributed by atoms with Crippen LogP contribution >= 0.6 is 12.2 Å². The second-order valence-corrected chi connectivity index (χ2v) is 5.15. The van der Waals surface area contributed by atoms with Gasteiger partial charge in [0.15, 0.2) is 4.77 Å². The van der Waals surface area contributed by atoms with Crippen molar-refractivity contribution in [3.05, 3.63) is 23.2 Å². The first-order valence-corrected chi connectivity index (χ1v) is 6.24. The molecule has 0 aromatic carbocycles. The first-order valence-electron chi connectivity index (χ1n) is 5.84. The molecule has 1 aliphatic rings. The number of aromatic amines is 1. The SMILES string of the molecule is CC1(n2c(=S)[nH]c3cnccc32)CCOCC1. The van der Waals surface area contributed by atoms with Crippen molar-refractivity contribution in [1.82, 2.24) is 14.5 Å². The highest BCUT2D eigenvalue weighted by Gasteiger charge is 2.31. The third-order valence-corrected chi connectivity index (χ3v) is 3.88. The van der Waals surface area contributed by atoms with Gasteiger partial charge in [-0.05, 0) is 38.0 Å². The van der Waals surface area contributed by atoms with Crippen LogP contribution in [-0.2, 0) is 10.3 Å². The number of imidazole rings is 1. The van der Waals surface area contributed by atoms with E-state index in [9.17, 15) is 0 Å². The smallest absolute Gasteiger partial charge is 0.178 e. The van der Waals surface area contributed by atoms with Crippen LogP contribution < -0.4 is 0 Å². The molecule has 1 N–H and O–H groups in total. The fraction of sp³-hybridized carbons (Fsp3) is 0.500. The standard InChI is InChI=1S/C12H15N3OS/c1-12(3-6-16-7-4-12)15-10-2-5-13-8-9(10)14-11(15)17/h2,5,8H,3-4,6-7H2,1H3,(H,14,17). The number of nitrogens with zero attached hydrogens (tertiary/aromatic N) is 2. The van der Waals surface area contributed by atoms with Gasteiger partial charge in [0, 0.05) is 24.9 Å². The van der Waals surface area contributed by atoms with Crippen LogP contribution in [0.15, 0.2) is 18.5 Å². The van der Waals surface area contributed by atoms with Gasteiger partial charge < -0.3 is 14.3 Å². The summed E-state index contributed by atoms with van der Waals surface area (Å²) in [6, 6.07) is 2.02. The Kier molecular flexibility index (Phi) is 2.52. The van der Waals surface area contributed by atoms with Gasteiger partial charge in [-0.3, -0.25) is 4.98 Å². The second kappa shape index (κ2) is 3.92. The van der Waals surface area contributed by atoms with Crippen LogP contribution in [0.25, 0.3) is 11.0 Å². The molecule has 0 saturated carbocycles. The zero-order valence-corrected chi connectivity index (χ0v) is 10.6. The monoisotopic (exact) mass is 249 g/mol. The van der Waals surface area contributed by atoms with Gasteiger partial charge in [0.2, 0.25) is 0 Å². The fourth-order valence-electron chi connectivity index (χ4n) is 2.53. The van der Waals surface area contributed by atoms with Crippen molar-refractivity contribution >= 4 is 23.3 Å². The molecule has 0 spiro atoms. The van der Waals surface area contributed by atoms with E-state index in [1.54, 1.807) is 0 Å². The molecule has 0 amide bonds. The summed E-state index contributed by atoms with van der Waals surface area (Å²) >= 11 is 5.44. The maximum atomic E-state index is 5.45. The molecule has 0 bridgehead atoms. The topological polar surface area (TPSA) is 42.8 Å². The third-order valence-electron chi connectivity index (χ3n) is 3.59. The summed E-state index contributed by atoms with van der Waals surface area (Å²) in [6.07, 6.45) is 5.63. The van der Waals surface area contributed by atoms with Crippen molar-refractivity contribution in [2.45, 2.75) is 25.3 Å². The van der Waals surface area contributed by atoms with Crippen molar-refractivity contribution in [2.24, 2.45) is 0 Å². The van der Waals surface area contributed by atoms with Crippen molar-refractivity contribution in [3.8, 4) is 0 Å². The number of H-pyrrole nitrogens is 1. The predicted molar refractivity (Wildman–Crippen MR) is 68.6 cm³/mol. The Morgan fingerprint density at radius 2 is 2.24 bits per heavy atom. The molecule has 0 unspecified atom stereocenters. The minimum atomic E-state index is 0.0505. The highest BCUT2D eigenvalue weighted by atomic mass is 32.1. The number of nitrogens with one attached hydrogen (secondary N) is 1. The number of aromatic nitrogens is 3. The maximum Gasteiger partial charge on any atom is 0.178 e. The maximum absolute atomic E-state index is 5.45. The lowest BCUT2D eigenvalue weighted by molar-refractivity contribution is 0.0306. The van der Waals surface area contributed by atoms with E-state index in [1.807, 2.05) is 18.5 Å². The Morgan fingerprint density at radius 3 is 3.00 bits per heavy atom. The van der Waals surface area contributed by atoms with E-state index in [4.69, 9.17) is 17.0 Å². The van der Waals surface area contributed by atoms with Crippen molar-refractivity contribution in [2.75, 3.05) is 13.2 Å². The number of hydrogen-bond acceptors (Lipinski definition) is 3. The average Bonchev–Trinajstić information content (AvgIpc) is 2.66. The normalized spacial score (nSPS) is 19.6. The molecule has 0 aliphatic carbocycles. The van der Waals surface area contributed by atoms with Gasteiger partial charge in [-0.15, -0.1) is 0 Å². The molecular formula is C12H15N3OS. The number of pyridine rings is 1. The highest BCUT2D eigenvalue weighted by Crippen LogP contribution is 2.32. The average molecular weight is 249 g/mol. The summed E-state index contributed by atoms with van der Waals surface area (Å²) in [5.41, 5.74) is 2.19. The van der Waals surface area contributed by atoms with E-state index in [0.29, 0.717) is 0 Å². The third kappa shape index (κ3) is 1.70. The first kappa shape index (κ1) is 10.9. The molecule has 5 heteroatoms. The van der Waals surface area contributed by atoms with Crippen molar-refractivity contribution < 1.29 is 4.74 Å². The summed E-state index contributed by atoms with van der Waals surface area (Å²) in [7, 11) is 0. The van der Waals surface area contributed by atoms with Crippen LogP contribution in [0.4, 0.5) is 0 Å². The van der Waals surface area contributed by atoms with Gasteiger partial charge in [-0.2, -0.15) is 0 Å². The van der Waals surface area contributed by atoms with Crippen molar-refractivity contribution in [3.63, 3.8) is 0 Å². The van der Waals surface area contributed by atoms with Gasteiger partial charge in [-0.1, -0.05) is 0 Å². The lowest BCUT2D eigenvalue weighted by Crippen LogP contribution is -2.36. The van der Waals surface area contributed by atoms with E-state index in [-0.39, 0.29) is 5.54 Å². The minimum Gasteiger partial charge on any atom is -0.381 e. The predicted octanol–water partition coefficient (Wildman–Crippen LogP) is 2.62. The molecule has 3 heterocycles. The highest BCUT2D eigenvalue weighted by molar-refractivity contribution is 7.71. The Morgan fingerprint density at radius 1 is 1.47 bits per heavy atom. The largest absolute Gasteiger partial charge is 0.381 e. The molecule has 1 fully saturated rings. The quantitative estimate of drug-likeness (QED) is 0.790. The number of ether oxygens (including phenoxy) is 1. The van der Waals surface area contributed by atoms with E-state index in [0.717, 1.165) is 41.9 Å². The van der Waals surface area contributed by atoms with Gasteiger partial charge in [0.05, 0.1) is 17.2 Å². The Hall–Kier alpha value is -1.20. The Bertz CT molecular complexity index is 595. The summed E-state index contributed by atoms with van der Waals surface area (Å²) in [4.78, 5) is 7.34. The summed E-state index contributed by atoms with van der Waals surface area (Å²) in [5.74, 6) is 0. The molecule has 1 aliphatic heterocycles. The molecule has 4 nitrogen and oxygen atoms in total. The zero-order chi connectivity index (χ0) is 11.9. The molecular weight excluding hydrogens is 234 g/mol. The van der Waals surface area contributed by atoms with Crippen LogP contribution in [0.3, 0.4) is 0 Å². The minimum absolute atomic E-state index is 0.0505. The molecule has 2 aromatic heterocycles. The fourth-order valence-corrected chi connectivity index (χ4v) is 2.96. The summed E-state index contributed by atoms with van der Waals surface area (Å²) in [5, 5.41) is 0. The van der Waals surface area contributed by atoms with E-state index < -0.39 is 0 Å². The summed E-state index contributed by atoms with van der Waals surface area (Å²) in [6.45, 7) is 3.85. The van der Waals surface area contributed by atoms with Crippen LogP contribution in [0.1, 0.15) is 19.8 Å². The molecule has 0 radical (unpaired) electrons. The molecule has 1 saturated heterocycles. The lowest BCUT2D eigenvalue weighted by Gasteiger charge is -2.35.